The van der Waals surface area contributed by atoms with Gasteiger partial charge in [-0.05, 0) is 30.8 Å². The molecule has 1 atom stereocenters. The van der Waals surface area contributed by atoms with Crippen molar-refractivity contribution in [3.63, 3.8) is 0 Å². The van der Waals surface area contributed by atoms with Gasteiger partial charge in [0, 0.05) is 18.0 Å². The molecule has 0 radical (unpaired) electrons. The zero-order valence-electron chi connectivity index (χ0n) is 12.5. The number of aldehydes is 1. The Bertz CT molecular complexity index is 638. The third-order valence-electron chi connectivity index (χ3n) is 3.14. The molecule has 0 aliphatic carbocycles. The number of ether oxygens (including phenoxy) is 2. The van der Waals surface area contributed by atoms with Gasteiger partial charge in [-0.1, -0.05) is 44.5 Å². The van der Waals surface area contributed by atoms with Crippen molar-refractivity contribution >= 4 is 25.5 Å². The largest absolute Gasteiger partial charge is 0.467 e. The maximum absolute atomic E-state index is 11.2. The summed E-state index contributed by atoms with van der Waals surface area (Å²) in [4.78, 5) is 11.2. The quantitative estimate of drug-likeness (QED) is 0.467. The van der Waals surface area contributed by atoms with Crippen LogP contribution in [0, 0.1) is 13.8 Å². The number of para-hydroxylation sites is 1. The Balaban J connectivity index is 2.35. The van der Waals surface area contributed by atoms with Gasteiger partial charge in [0.2, 0.25) is 0 Å². The van der Waals surface area contributed by atoms with Crippen molar-refractivity contribution in [2.75, 3.05) is 13.9 Å². The molecular weight excluding hydrogens is 283 g/mol. The molecule has 2 rings (SSSR count). The highest BCUT2D eigenvalue weighted by atomic mass is 31.1. The van der Waals surface area contributed by atoms with Crippen molar-refractivity contribution in [2.45, 2.75) is 13.8 Å². The topological polar surface area (TPSA) is 35.5 Å². The number of aryl methyl sites for hydroxylation is 2. The predicted octanol–water partition coefficient (Wildman–Crippen LogP) is 2.73. The van der Waals surface area contributed by atoms with E-state index in [1.807, 2.05) is 50.2 Å². The Labute approximate surface area is 127 Å². The SMILES string of the molecule is COCOc1c(C)cccc1Pc1ccc(C)cc1C=O. The summed E-state index contributed by atoms with van der Waals surface area (Å²) in [5.41, 5.74) is 2.90. The van der Waals surface area contributed by atoms with E-state index in [0.29, 0.717) is 8.58 Å². The highest BCUT2D eigenvalue weighted by molar-refractivity contribution is 7.56. The Morgan fingerprint density at radius 3 is 2.67 bits per heavy atom. The van der Waals surface area contributed by atoms with Crippen LogP contribution in [-0.4, -0.2) is 20.2 Å². The molecule has 0 heterocycles. The number of hydrogen-bond acceptors (Lipinski definition) is 3. The minimum atomic E-state index is 0.219. The molecule has 110 valence electrons. The van der Waals surface area contributed by atoms with Gasteiger partial charge in [-0.15, -0.1) is 0 Å². The molecule has 0 aliphatic rings. The fourth-order valence-electron chi connectivity index (χ4n) is 2.10. The molecule has 0 saturated heterocycles. The molecule has 0 aromatic heterocycles. The van der Waals surface area contributed by atoms with Gasteiger partial charge in [0.25, 0.3) is 0 Å². The summed E-state index contributed by atoms with van der Waals surface area (Å²) < 4.78 is 10.7. The summed E-state index contributed by atoms with van der Waals surface area (Å²) in [7, 11) is 1.98. The van der Waals surface area contributed by atoms with E-state index < -0.39 is 0 Å². The molecule has 0 fully saturated rings. The van der Waals surface area contributed by atoms with E-state index in [-0.39, 0.29) is 6.79 Å². The first kappa shape index (κ1) is 15.7. The maximum Gasteiger partial charge on any atom is 0.188 e. The summed E-state index contributed by atoms with van der Waals surface area (Å²) in [6.45, 7) is 4.21. The predicted molar refractivity (Wildman–Crippen MR) is 87.8 cm³/mol. The lowest BCUT2D eigenvalue weighted by molar-refractivity contribution is 0.0514. The van der Waals surface area contributed by atoms with Crippen LogP contribution in [-0.2, 0) is 4.74 Å². The Kier molecular flexibility index (Phi) is 5.49. The van der Waals surface area contributed by atoms with E-state index in [1.54, 1.807) is 7.11 Å². The molecule has 0 bridgehead atoms. The van der Waals surface area contributed by atoms with Crippen LogP contribution in [0.25, 0.3) is 0 Å². The van der Waals surface area contributed by atoms with Crippen molar-refractivity contribution in [3.05, 3.63) is 53.1 Å². The first-order valence-electron chi connectivity index (χ1n) is 6.70. The van der Waals surface area contributed by atoms with Gasteiger partial charge in [0.05, 0.1) is 0 Å². The molecule has 4 heteroatoms. The summed E-state index contributed by atoms with van der Waals surface area (Å²) in [6.07, 6.45) is 0.917. The Hall–Kier alpha value is -1.70. The smallest absolute Gasteiger partial charge is 0.188 e. The summed E-state index contributed by atoms with van der Waals surface area (Å²) in [6, 6.07) is 12.0. The van der Waals surface area contributed by atoms with Crippen molar-refractivity contribution in [3.8, 4) is 5.75 Å². The molecule has 0 saturated carbocycles. The van der Waals surface area contributed by atoms with Crippen LogP contribution < -0.4 is 15.3 Å². The average molecular weight is 302 g/mol. The fraction of sp³-hybridized carbons (Fsp3) is 0.235. The van der Waals surface area contributed by atoms with Gasteiger partial charge < -0.3 is 9.47 Å². The third-order valence-corrected chi connectivity index (χ3v) is 4.52. The van der Waals surface area contributed by atoms with E-state index in [4.69, 9.17) is 9.47 Å². The number of methoxy groups -OCH3 is 1. The van der Waals surface area contributed by atoms with E-state index in [9.17, 15) is 4.79 Å². The van der Waals surface area contributed by atoms with Crippen molar-refractivity contribution in [1.29, 1.82) is 0 Å². The first-order chi connectivity index (χ1) is 10.2. The van der Waals surface area contributed by atoms with Gasteiger partial charge in [-0.2, -0.15) is 0 Å². The van der Waals surface area contributed by atoms with Crippen molar-refractivity contribution < 1.29 is 14.3 Å². The molecule has 21 heavy (non-hydrogen) atoms. The van der Waals surface area contributed by atoms with Gasteiger partial charge in [0.1, 0.15) is 5.75 Å². The van der Waals surface area contributed by atoms with Crippen LogP contribution in [0.3, 0.4) is 0 Å². The highest BCUT2D eigenvalue weighted by Crippen LogP contribution is 2.24. The summed E-state index contributed by atoms with van der Waals surface area (Å²) >= 11 is 0. The highest BCUT2D eigenvalue weighted by Gasteiger charge is 2.10. The monoisotopic (exact) mass is 302 g/mol. The number of carbonyl (C=O) groups is 1. The normalized spacial score (nSPS) is 11.0. The number of benzene rings is 2. The molecule has 0 N–H and O–H groups in total. The zero-order chi connectivity index (χ0) is 15.2. The zero-order valence-corrected chi connectivity index (χ0v) is 13.5. The van der Waals surface area contributed by atoms with E-state index >= 15 is 0 Å². The first-order valence-corrected chi connectivity index (χ1v) is 7.70. The van der Waals surface area contributed by atoms with Crippen molar-refractivity contribution in [2.24, 2.45) is 0 Å². The second-order valence-corrected chi connectivity index (χ2v) is 6.16. The standard InChI is InChI=1S/C17H19O3P/c1-12-7-8-15(14(9-12)10-18)21-16-6-4-5-13(2)17(16)20-11-19-3/h4-10,21H,11H2,1-3H3. The van der Waals surface area contributed by atoms with Crippen LogP contribution in [0.1, 0.15) is 21.5 Å². The summed E-state index contributed by atoms with van der Waals surface area (Å²) in [5, 5.41) is 2.11. The lowest BCUT2D eigenvalue weighted by atomic mass is 10.2. The number of rotatable bonds is 6. The Morgan fingerprint density at radius 1 is 1.14 bits per heavy atom. The molecule has 0 amide bonds. The molecule has 0 spiro atoms. The van der Waals surface area contributed by atoms with Gasteiger partial charge in [-0.25, -0.2) is 0 Å². The van der Waals surface area contributed by atoms with Crippen LogP contribution in [0.2, 0.25) is 0 Å². The van der Waals surface area contributed by atoms with Gasteiger partial charge in [-0.3, -0.25) is 4.79 Å². The van der Waals surface area contributed by atoms with Crippen LogP contribution in [0.15, 0.2) is 36.4 Å². The minimum absolute atomic E-state index is 0.219. The van der Waals surface area contributed by atoms with Gasteiger partial charge >= 0.3 is 0 Å². The van der Waals surface area contributed by atoms with E-state index in [1.165, 1.54) is 0 Å². The Morgan fingerprint density at radius 2 is 1.95 bits per heavy atom. The average Bonchev–Trinajstić information content (AvgIpc) is 2.48. The van der Waals surface area contributed by atoms with Crippen LogP contribution in [0.5, 0.6) is 5.75 Å². The van der Waals surface area contributed by atoms with Crippen molar-refractivity contribution in [1.82, 2.24) is 0 Å². The van der Waals surface area contributed by atoms with Crippen LogP contribution in [0.4, 0.5) is 0 Å². The molecule has 2 aromatic rings. The van der Waals surface area contributed by atoms with Gasteiger partial charge in [0.15, 0.2) is 13.1 Å². The molecular formula is C17H19O3P. The molecule has 3 nitrogen and oxygen atoms in total. The second kappa shape index (κ2) is 7.35. The van der Waals surface area contributed by atoms with E-state index in [0.717, 1.165) is 39.3 Å². The molecule has 2 aromatic carbocycles. The molecule has 0 aliphatic heterocycles. The third kappa shape index (κ3) is 3.90. The second-order valence-electron chi connectivity index (χ2n) is 4.84. The van der Waals surface area contributed by atoms with Crippen LogP contribution >= 0.6 is 8.58 Å². The fourth-order valence-corrected chi connectivity index (χ4v) is 3.39. The summed E-state index contributed by atoms with van der Waals surface area (Å²) in [5.74, 6) is 0.843. The number of carbonyl (C=O) groups excluding carboxylic acids is 1. The maximum atomic E-state index is 11.2. The lowest BCUT2D eigenvalue weighted by Gasteiger charge is -2.14. The lowest BCUT2D eigenvalue weighted by Crippen LogP contribution is -2.13. The number of hydrogen-bond donors (Lipinski definition) is 0. The van der Waals surface area contributed by atoms with E-state index in [2.05, 4.69) is 0 Å². The molecule has 1 unspecified atom stereocenters. The minimum Gasteiger partial charge on any atom is -0.467 e.